The SMILES string of the molecule is Cn1c(=O)n(COCC[Si](C)(C)C)c2cccc(C3CC(O)(CN4CCN(C(=O)OC(C)(C)C)CC4)C3)c21. The zero-order chi connectivity index (χ0) is 27.9. The van der Waals surface area contributed by atoms with Gasteiger partial charge in [-0.05, 0) is 57.2 Å². The summed E-state index contributed by atoms with van der Waals surface area (Å²) in [5.74, 6) is 0.195. The third kappa shape index (κ3) is 6.70. The predicted molar refractivity (Wildman–Crippen MR) is 152 cm³/mol. The van der Waals surface area contributed by atoms with Crippen molar-refractivity contribution in [2.45, 2.75) is 83.1 Å². The molecule has 1 saturated carbocycles. The number of benzene rings is 1. The number of β-amino-alcohol motifs (C(OH)–C–C–N with tert-alkyl or cyclic N) is 1. The zero-order valence-corrected chi connectivity index (χ0v) is 25.2. The molecule has 2 aliphatic rings. The average molecular weight is 547 g/mol. The third-order valence-corrected chi connectivity index (χ3v) is 9.35. The van der Waals surface area contributed by atoms with Gasteiger partial charge in [0.1, 0.15) is 12.3 Å². The highest BCUT2D eigenvalue weighted by atomic mass is 28.3. The van der Waals surface area contributed by atoms with Gasteiger partial charge in [-0.2, -0.15) is 0 Å². The number of piperazine rings is 1. The van der Waals surface area contributed by atoms with E-state index in [-0.39, 0.29) is 24.4 Å². The molecule has 38 heavy (non-hydrogen) atoms. The van der Waals surface area contributed by atoms with Gasteiger partial charge in [0, 0.05) is 54.5 Å². The van der Waals surface area contributed by atoms with Crippen molar-refractivity contribution in [1.82, 2.24) is 18.9 Å². The van der Waals surface area contributed by atoms with Crippen LogP contribution in [0.5, 0.6) is 0 Å². The van der Waals surface area contributed by atoms with Crippen LogP contribution in [0.15, 0.2) is 23.0 Å². The van der Waals surface area contributed by atoms with Crippen LogP contribution >= 0.6 is 0 Å². The number of hydrogen-bond acceptors (Lipinski definition) is 6. The number of amides is 1. The van der Waals surface area contributed by atoms with E-state index in [1.165, 1.54) is 0 Å². The maximum Gasteiger partial charge on any atom is 0.410 e. The van der Waals surface area contributed by atoms with E-state index in [2.05, 4.69) is 30.6 Å². The smallest absolute Gasteiger partial charge is 0.410 e. The molecule has 1 aliphatic carbocycles. The Labute approximate surface area is 227 Å². The minimum Gasteiger partial charge on any atom is -0.444 e. The van der Waals surface area contributed by atoms with Crippen LogP contribution < -0.4 is 5.69 Å². The van der Waals surface area contributed by atoms with Gasteiger partial charge in [-0.1, -0.05) is 31.8 Å². The molecular weight excluding hydrogens is 500 g/mol. The van der Waals surface area contributed by atoms with Crippen molar-refractivity contribution < 1.29 is 19.4 Å². The van der Waals surface area contributed by atoms with Crippen LogP contribution in [0.1, 0.15) is 45.1 Å². The summed E-state index contributed by atoms with van der Waals surface area (Å²) in [6, 6.07) is 7.14. The summed E-state index contributed by atoms with van der Waals surface area (Å²) in [7, 11) is 0.627. The maximum absolute atomic E-state index is 13.1. The van der Waals surface area contributed by atoms with Crippen LogP contribution in [-0.2, 0) is 23.3 Å². The molecule has 1 aromatic heterocycles. The summed E-state index contributed by atoms with van der Waals surface area (Å²) >= 11 is 0. The van der Waals surface area contributed by atoms with E-state index in [4.69, 9.17) is 9.47 Å². The van der Waals surface area contributed by atoms with Crippen LogP contribution in [0.3, 0.4) is 0 Å². The van der Waals surface area contributed by atoms with E-state index < -0.39 is 19.3 Å². The standard InChI is InChI=1S/C28H46N4O5Si/c1-27(2,3)37-26(34)31-13-11-30(12-14-31)19-28(35)17-21(18-28)22-9-8-10-23-24(22)29(4)25(33)32(23)20-36-15-16-38(5,6)7/h8-10,21,35H,11-20H2,1-7H3. The number of imidazole rings is 1. The molecule has 10 heteroatoms. The first-order chi connectivity index (χ1) is 17.7. The second-order valence-electron chi connectivity index (χ2n) is 13.4. The number of carbonyl (C=O) groups is 1. The molecule has 1 N–H and O–H groups in total. The molecule has 212 valence electrons. The van der Waals surface area contributed by atoms with Crippen LogP contribution in [0, 0.1) is 0 Å². The summed E-state index contributed by atoms with van der Waals surface area (Å²) < 4.78 is 14.8. The summed E-state index contributed by atoms with van der Waals surface area (Å²) in [5.41, 5.74) is 1.60. The van der Waals surface area contributed by atoms with Gasteiger partial charge >= 0.3 is 11.8 Å². The molecule has 1 aromatic carbocycles. The fraction of sp³-hybridized carbons (Fsp3) is 0.714. The lowest BCUT2D eigenvalue weighted by Crippen LogP contribution is -2.56. The number of para-hydroxylation sites is 1. The lowest BCUT2D eigenvalue weighted by atomic mass is 9.67. The van der Waals surface area contributed by atoms with Crippen LogP contribution in [0.2, 0.25) is 25.7 Å². The average Bonchev–Trinajstić information content (AvgIpc) is 3.03. The summed E-state index contributed by atoms with van der Waals surface area (Å²) in [6.45, 7) is 16.7. The molecule has 0 atom stereocenters. The number of aryl methyl sites for hydroxylation is 1. The highest BCUT2D eigenvalue weighted by Gasteiger charge is 2.45. The topological polar surface area (TPSA) is 89.2 Å². The summed E-state index contributed by atoms with van der Waals surface area (Å²) in [5, 5.41) is 11.3. The van der Waals surface area contributed by atoms with Gasteiger partial charge in [0.25, 0.3) is 0 Å². The van der Waals surface area contributed by atoms with Gasteiger partial charge in [-0.3, -0.25) is 14.0 Å². The maximum atomic E-state index is 13.1. The van der Waals surface area contributed by atoms with Crippen LogP contribution in [0.4, 0.5) is 4.79 Å². The van der Waals surface area contributed by atoms with E-state index in [1.54, 1.807) is 14.0 Å². The first-order valence-electron chi connectivity index (χ1n) is 13.8. The lowest BCUT2D eigenvalue weighted by Gasteiger charge is -2.48. The molecule has 0 spiro atoms. The molecule has 2 aromatic rings. The number of carbonyl (C=O) groups excluding carboxylic acids is 1. The molecule has 4 rings (SSSR count). The van der Waals surface area contributed by atoms with Gasteiger partial charge in [-0.25, -0.2) is 9.59 Å². The monoisotopic (exact) mass is 546 g/mol. The second-order valence-corrected chi connectivity index (χ2v) is 19.0. The van der Waals surface area contributed by atoms with Gasteiger partial charge in [0.2, 0.25) is 0 Å². The molecule has 0 radical (unpaired) electrons. The van der Waals surface area contributed by atoms with E-state index >= 15 is 0 Å². The van der Waals surface area contributed by atoms with Gasteiger partial charge in [0.15, 0.2) is 0 Å². The molecule has 1 saturated heterocycles. The second kappa shape index (κ2) is 10.8. The van der Waals surface area contributed by atoms with E-state index in [1.807, 2.05) is 40.0 Å². The summed E-state index contributed by atoms with van der Waals surface area (Å²) in [4.78, 5) is 29.4. The zero-order valence-electron chi connectivity index (χ0n) is 24.2. The van der Waals surface area contributed by atoms with Crippen LogP contribution in [0.25, 0.3) is 11.0 Å². The Hall–Kier alpha value is -2.14. The number of aromatic nitrogens is 2. The third-order valence-electron chi connectivity index (χ3n) is 7.64. The van der Waals surface area contributed by atoms with E-state index in [0.717, 1.165) is 35.7 Å². The number of aliphatic hydroxyl groups is 1. The minimum atomic E-state index is -1.19. The highest BCUT2D eigenvalue weighted by molar-refractivity contribution is 6.76. The first-order valence-corrected chi connectivity index (χ1v) is 17.6. The van der Waals surface area contributed by atoms with E-state index in [0.29, 0.717) is 39.1 Å². The first kappa shape index (κ1) is 28.9. The van der Waals surface area contributed by atoms with E-state index in [9.17, 15) is 14.7 Å². The Morgan fingerprint density at radius 2 is 1.79 bits per heavy atom. The van der Waals surface area contributed by atoms with Crippen molar-refractivity contribution in [1.29, 1.82) is 0 Å². The number of nitrogens with zero attached hydrogens (tertiary/aromatic N) is 4. The predicted octanol–water partition coefficient (Wildman–Crippen LogP) is 3.81. The largest absolute Gasteiger partial charge is 0.444 e. The fourth-order valence-corrected chi connectivity index (χ4v) is 6.29. The van der Waals surface area contributed by atoms with Crippen molar-refractivity contribution in [3.63, 3.8) is 0 Å². The highest BCUT2D eigenvalue weighted by Crippen LogP contribution is 2.47. The van der Waals surface area contributed by atoms with Crippen molar-refractivity contribution in [3.05, 3.63) is 34.2 Å². The number of rotatable bonds is 8. The minimum absolute atomic E-state index is 0.0714. The molecular formula is C28H46N4O5Si. The molecule has 2 fully saturated rings. The Bertz CT molecular complexity index is 1190. The molecule has 0 unspecified atom stereocenters. The normalized spacial score (nSPS) is 23.1. The van der Waals surface area contributed by atoms with Gasteiger partial charge in [-0.15, -0.1) is 0 Å². The summed E-state index contributed by atoms with van der Waals surface area (Å²) in [6.07, 6.45) is 1.04. The number of hydrogen-bond donors (Lipinski definition) is 1. The van der Waals surface area contributed by atoms with Crippen LogP contribution in [-0.4, -0.2) is 88.7 Å². The molecule has 1 aliphatic heterocycles. The number of fused-ring (bicyclic) bond motifs is 1. The van der Waals surface area contributed by atoms with Crippen molar-refractivity contribution >= 4 is 25.2 Å². The van der Waals surface area contributed by atoms with Gasteiger partial charge < -0.3 is 19.5 Å². The molecule has 9 nitrogen and oxygen atoms in total. The molecule has 2 heterocycles. The fourth-order valence-electron chi connectivity index (χ4n) is 5.54. The Balaban J connectivity index is 1.36. The Morgan fingerprint density at radius 3 is 2.39 bits per heavy atom. The van der Waals surface area contributed by atoms with Gasteiger partial charge in [0.05, 0.1) is 16.6 Å². The van der Waals surface area contributed by atoms with Crippen molar-refractivity contribution in [3.8, 4) is 0 Å². The number of ether oxygens (including phenoxy) is 2. The Kier molecular flexibility index (Phi) is 8.19. The quantitative estimate of drug-likeness (QED) is 0.400. The Morgan fingerprint density at radius 1 is 1.13 bits per heavy atom. The lowest BCUT2D eigenvalue weighted by molar-refractivity contribution is -0.0780. The molecule has 1 amide bonds. The van der Waals surface area contributed by atoms with Crippen molar-refractivity contribution in [2.24, 2.45) is 7.05 Å². The van der Waals surface area contributed by atoms with Crippen molar-refractivity contribution in [2.75, 3.05) is 39.3 Å². The molecule has 0 bridgehead atoms.